The molecule has 0 amide bonds. The number of hydrogen-bond donors (Lipinski definition) is 1. The molecule has 0 radical (unpaired) electrons. The van der Waals surface area contributed by atoms with Gasteiger partial charge >= 0.3 is 0 Å². The molecule has 0 spiro atoms. The summed E-state index contributed by atoms with van der Waals surface area (Å²) in [5, 5.41) is 0. The van der Waals surface area contributed by atoms with E-state index in [1.54, 1.807) is 6.20 Å². The van der Waals surface area contributed by atoms with Crippen molar-refractivity contribution in [1.29, 1.82) is 0 Å². The van der Waals surface area contributed by atoms with Gasteiger partial charge in [-0.1, -0.05) is 30.3 Å². The monoisotopic (exact) mass is 264 g/mol. The van der Waals surface area contributed by atoms with E-state index in [1.807, 2.05) is 30.7 Å². The highest BCUT2D eigenvalue weighted by molar-refractivity contribution is 5.61. The molecule has 4 heteroatoms. The van der Waals surface area contributed by atoms with Crippen molar-refractivity contribution in [3.05, 3.63) is 66.7 Å². The molecule has 2 N–H and O–H groups in total. The van der Waals surface area contributed by atoms with Gasteiger partial charge in [0.05, 0.1) is 18.2 Å². The van der Waals surface area contributed by atoms with Gasteiger partial charge in [0.1, 0.15) is 5.82 Å². The van der Waals surface area contributed by atoms with Gasteiger partial charge in [-0.3, -0.25) is 0 Å². The van der Waals surface area contributed by atoms with Crippen LogP contribution in [-0.2, 0) is 13.0 Å². The van der Waals surface area contributed by atoms with Gasteiger partial charge in [-0.2, -0.15) is 0 Å². The van der Waals surface area contributed by atoms with E-state index >= 15 is 0 Å². The van der Waals surface area contributed by atoms with Crippen LogP contribution in [0.2, 0.25) is 0 Å². The average molecular weight is 264 g/mol. The average Bonchev–Trinajstić information content (AvgIpc) is 2.95. The van der Waals surface area contributed by atoms with Crippen LogP contribution in [0.3, 0.4) is 0 Å². The molecule has 0 fully saturated rings. The molecule has 3 aromatic rings. The molecule has 0 unspecified atom stereocenters. The Balaban J connectivity index is 1.80. The zero-order valence-electron chi connectivity index (χ0n) is 11.1. The third-order valence-corrected chi connectivity index (χ3v) is 3.27. The van der Waals surface area contributed by atoms with Gasteiger partial charge in [-0.05, 0) is 24.1 Å². The summed E-state index contributed by atoms with van der Waals surface area (Å²) < 4.78 is 2.14. The number of rotatable bonds is 4. The number of aromatic nitrogens is 3. The molecule has 3 rings (SSSR count). The van der Waals surface area contributed by atoms with Crippen LogP contribution in [0.25, 0.3) is 11.3 Å². The third kappa shape index (κ3) is 2.69. The zero-order valence-corrected chi connectivity index (χ0v) is 11.1. The van der Waals surface area contributed by atoms with Gasteiger partial charge < -0.3 is 10.3 Å². The van der Waals surface area contributed by atoms with Crippen molar-refractivity contribution >= 4 is 5.82 Å². The van der Waals surface area contributed by atoms with Crippen molar-refractivity contribution in [3.63, 3.8) is 0 Å². The fraction of sp³-hybridized carbons (Fsp3) is 0.125. The Morgan fingerprint density at radius 1 is 1.10 bits per heavy atom. The molecule has 0 aliphatic rings. The van der Waals surface area contributed by atoms with Crippen molar-refractivity contribution in [2.45, 2.75) is 13.0 Å². The van der Waals surface area contributed by atoms with E-state index in [2.05, 4.69) is 38.8 Å². The molecule has 0 aliphatic heterocycles. The molecule has 0 saturated heterocycles. The van der Waals surface area contributed by atoms with Crippen LogP contribution in [0.15, 0.2) is 61.2 Å². The SMILES string of the molecule is Nc1cc(-c2cncn2CCc2ccccc2)ccn1. The van der Waals surface area contributed by atoms with E-state index in [0.717, 1.165) is 24.2 Å². The summed E-state index contributed by atoms with van der Waals surface area (Å²) in [6.45, 7) is 0.890. The normalized spacial score (nSPS) is 10.6. The zero-order chi connectivity index (χ0) is 13.8. The van der Waals surface area contributed by atoms with Crippen molar-refractivity contribution in [2.24, 2.45) is 0 Å². The van der Waals surface area contributed by atoms with E-state index in [1.165, 1.54) is 5.56 Å². The quantitative estimate of drug-likeness (QED) is 0.788. The summed E-state index contributed by atoms with van der Waals surface area (Å²) in [4.78, 5) is 8.26. The lowest BCUT2D eigenvalue weighted by molar-refractivity contribution is 0.702. The number of nitrogens with two attached hydrogens (primary N) is 1. The highest BCUT2D eigenvalue weighted by Crippen LogP contribution is 2.20. The minimum Gasteiger partial charge on any atom is -0.384 e. The number of aryl methyl sites for hydroxylation is 2. The maximum atomic E-state index is 5.74. The molecule has 0 aliphatic carbocycles. The van der Waals surface area contributed by atoms with Gasteiger partial charge in [0.25, 0.3) is 0 Å². The Kier molecular flexibility index (Phi) is 3.46. The molecule has 2 heterocycles. The highest BCUT2D eigenvalue weighted by Gasteiger charge is 2.05. The molecule has 20 heavy (non-hydrogen) atoms. The largest absolute Gasteiger partial charge is 0.384 e. The molecule has 4 nitrogen and oxygen atoms in total. The summed E-state index contributed by atoms with van der Waals surface area (Å²) in [7, 11) is 0. The van der Waals surface area contributed by atoms with Gasteiger partial charge in [-0.15, -0.1) is 0 Å². The summed E-state index contributed by atoms with van der Waals surface area (Å²) in [5.74, 6) is 0.526. The molecular weight excluding hydrogens is 248 g/mol. The van der Waals surface area contributed by atoms with E-state index in [0.29, 0.717) is 5.82 Å². The lowest BCUT2D eigenvalue weighted by atomic mass is 10.1. The number of imidazole rings is 1. The first-order valence-electron chi connectivity index (χ1n) is 6.59. The topological polar surface area (TPSA) is 56.7 Å². The van der Waals surface area contributed by atoms with E-state index in [4.69, 9.17) is 5.73 Å². The van der Waals surface area contributed by atoms with Crippen LogP contribution < -0.4 is 5.73 Å². The van der Waals surface area contributed by atoms with Gasteiger partial charge in [0.2, 0.25) is 0 Å². The van der Waals surface area contributed by atoms with E-state index in [9.17, 15) is 0 Å². The van der Waals surface area contributed by atoms with E-state index in [-0.39, 0.29) is 0 Å². The van der Waals surface area contributed by atoms with E-state index < -0.39 is 0 Å². The Morgan fingerprint density at radius 3 is 2.75 bits per heavy atom. The molecule has 1 aromatic carbocycles. The number of pyridine rings is 1. The molecule has 0 bridgehead atoms. The minimum atomic E-state index is 0.526. The fourth-order valence-electron chi connectivity index (χ4n) is 2.24. The van der Waals surface area contributed by atoms with Crippen LogP contribution in [0, 0.1) is 0 Å². The van der Waals surface area contributed by atoms with Crippen molar-refractivity contribution in [1.82, 2.24) is 14.5 Å². The third-order valence-electron chi connectivity index (χ3n) is 3.27. The van der Waals surface area contributed by atoms with Crippen LogP contribution >= 0.6 is 0 Å². The standard InChI is InChI=1S/C16H16N4/c17-16-10-14(6-8-19-16)15-11-18-12-20(15)9-7-13-4-2-1-3-5-13/h1-6,8,10-12H,7,9H2,(H2,17,19). The second kappa shape index (κ2) is 5.57. The summed E-state index contributed by atoms with van der Waals surface area (Å²) in [6.07, 6.45) is 6.42. The first-order chi connectivity index (χ1) is 9.83. The number of hydrogen-bond acceptors (Lipinski definition) is 3. The Labute approximate surface area is 117 Å². The molecule has 0 atom stereocenters. The Bertz CT molecular complexity index is 688. The van der Waals surface area contributed by atoms with Gasteiger partial charge in [0, 0.05) is 18.3 Å². The second-order valence-corrected chi connectivity index (χ2v) is 4.68. The van der Waals surface area contributed by atoms with Crippen LogP contribution in [0.5, 0.6) is 0 Å². The predicted octanol–water partition coefficient (Wildman–Crippen LogP) is 2.77. The first-order valence-corrected chi connectivity index (χ1v) is 6.59. The molecule has 0 saturated carbocycles. The number of anilines is 1. The summed E-state index contributed by atoms with van der Waals surface area (Å²) in [6, 6.07) is 14.3. The molecular formula is C16H16N4. The molecule has 100 valence electrons. The van der Waals surface area contributed by atoms with Crippen molar-refractivity contribution < 1.29 is 0 Å². The fourth-order valence-corrected chi connectivity index (χ4v) is 2.24. The van der Waals surface area contributed by atoms with Crippen LogP contribution in [-0.4, -0.2) is 14.5 Å². The summed E-state index contributed by atoms with van der Waals surface area (Å²) >= 11 is 0. The number of benzene rings is 1. The minimum absolute atomic E-state index is 0.526. The number of nitrogen functional groups attached to an aromatic ring is 1. The van der Waals surface area contributed by atoms with Gasteiger partial charge in [0.15, 0.2) is 0 Å². The van der Waals surface area contributed by atoms with Crippen LogP contribution in [0.4, 0.5) is 5.82 Å². The maximum absolute atomic E-state index is 5.74. The Morgan fingerprint density at radius 2 is 1.95 bits per heavy atom. The van der Waals surface area contributed by atoms with Gasteiger partial charge in [-0.25, -0.2) is 9.97 Å². The van der Waals surface area contributed by atoms with Crippen molar-refractivity contribution in [2.75, 3.05) is 5.73 Å². The lowest BCUT2D eigenvalue weighted by Crippen LogP contribution is -2.02. The number of nitrogens with zero attached hydrogens (tertiary/aromatic N) is 3. The van der Waals surface area contributed by atoms with Crippen LogP contribution in [0.1, 0.15) is 5.56 Å². The predicted molar refractivity (Wildman–Crippen MR) is 80.0 cm³/mol. The molecule has 2 aromatic heterocycles. The lowest BCUT2D eigenvalue weighted by Gasteiger charge is -2.08. The smallest absolute Gasteiger partial charge is 0.123 e. The summed E-state index contributed by atoms with van der Waals surface area (Å²) in [5.41, 5.74) is 9.17. The first kappa shape index (κ1) is 12.4. The van der Waals surface area contributed by atoms with Crippen molar-refractivity contribution in [3.8, 4) is 11.3 Å². The maximum Gasteiger partial charge on any atom is 0.123 e. The highest BCUT2D eigenvalue weighted by atomic mass is 15.0. The second-order valence-electron chi connectivity index (χ2n) is 4.68. The Hall–Kier alpha value is -2.62.